The second-order valence-electron chi connectivity index (χ2n) is 8.35. The van der Waals surface area contributed by atoms with E-state index in [1.807, 2.05) is 79.4 Å². The first-order valence-electron chi connectivity index (χ1n) is 10.9. The Morgan fingerprint density at radius 2 is 1.69 bits per heavy atom. The number of nitrogens with zero attached hydrogens (tertiary/aromatic N) is 1. The third-order valence-electron chi connectivity index (χ3n) is 5.96. The van der Waals surface area contributed by atoms with E-state index >= 15 is 0 Å². The summed E-state index contributed by atoms with van der Waals surface area (Å²) in [6, 6.07) is 24.2. The highest BCUT2D eigenvalue weighted by molar-refractivity contribution is 8.01. The van der Waals surface area contributed by atoms with Crippen molar-refractivity contribution in [3.05, 3.63) is 95.1 Å². The first kappa shape index (κ1) is 22.2. The van der Waals surface area contributed by atoms with Crippen LogP contribution < -0.4 is 10.2 Å². The highest BCUT2D eigenvalue weighted by Crippen LogP contribution is 2.42. The fraction of sp³-hybridized carbons (Fsp3) is 0.259. The number of hydrogen-bond donors (Lipinski definition) is 1. The minimum absolute atomic E-state index is 0.0186. The number of benzene rings is 3. The van der Waals surface area contributed by atoms with E-state index in [0.29, 0.717) is 13.1 Å². The van der Waals surface area contributed by atoms with Crippen molar-refractivity contribution in [2.75, 3.05) is 4.90 Å². The zero-order valence-electron chi connectivity index (χ0n) is 18.7. The van der Waals surface area contributed by atoms with Crippen molar-refractivity contribution in [2.45, 2.75) is 44.0 Å². The smallest absolute Gasteiger partial charge is 0.241 e. The highest BCUT2D eigenvalue weighted by Gasteiger charge is 2.39. The van der Waals surface area contributed by atoms with Crippen LogP contribution in [0.25, 0.3) is 0 Å². The lowest BCUT2D eigenvalue weighted by Gasteiger charge is -2.36. The Balaban J connectivity index is 1.53. The topological polar surface area (TPSA) is 49.4 Å². The fourth-order valence-electron chi connectivity index (χ4n) is 3.87. The molecule has 32 heavy (non-hydrogen) atoms. The van der Waals surface area contributed by atoms with E-state index in [2.05, 4.69) is 24.4 Å². The van der Waals surface area contributed by atoms with Crippen molar-refractivity contribution in [1.82, 2.24) is 5.32 Å². The van der Waals surface area contributed by atoms with Gasteiger partial charge < -0.3 is 10.2 Å². The molecule has 2 atom stereocenters. The first-order chi connectivity index (χ1) is 15.4. The van der Waals surface area contributed by atoms with E-state index in [9.17, 15) is 9.59 Å². The third-order valence-corrected chi connectivity index (χ3v) is 7.43. The van der Waals surface area contributed by atoms with E-state index in [4.69, 9.17) is 0 Å². The van der Waals surface area contributed by atoms with Crippen molar-refractivity contribution in [3.8, 4) is 0 Å². The number of para-hydroxylation sites is 1. The number of hydrogen-bond acceptors (Lipinski definition) is 3. The van der Waals surface area contributed by atoms with Gasteiger partial charge in [0.15, 0.2) is 0 Å². The predicted octanol–water partition coefficient (Wildman–Crippen LogP) is 5.26. The molecule has 1 aliphatic heterocycles. The van der Waals surface area contributed by atoms with E-state index in [1.54, 1.807) is 0 Å². The molecule has 1 aliphatic rings. The van der Waals surface area contributed by atoms with Crippen molar-refractivity contribution in [3.63, 3.8) is 0 Å². The third kappa shape index (κ3) is 4.73. The molecule has 4 nitrogen and oxygen atoms in total. The van der Waals surface area contributed by atoms with Crippen LogP contribution in [0.5, 0.6) is 0 Å². The quantitative estimate of drug-likeness (QED) is 0.564. The molecule has 0 fully saturated rings. The molecule has 0 saturated carbocycles. The van der Waals surface area contributed by atoms with Gasteiger partial charge in [-0.15, -0.1) is 11.8 Å². The van der Waals surface area contributed by atoms with Crippen LogP contribution in [0.3, 0.4) is 0 Å². The lowest BCUT2D eigenvalue weighted by atomic mass is 10.0. The molecule has 2 amide bonds. The van der Waals surface area contributed by atoms with Crippen molar-refractivity contribution in [1.29, 1.82) is 0 Å². The number of carbonyl (C=O) groups excluding carboxylic acids is 2. The molecule has 0 unspecified atom stereocenters. The maximum absolute atomic E-state index is 13.6. The normalized spacial score (nSPS) is 16.4. The van der Waals surface area contributed by atoms with Crippen LogP contribution in [0.1, 0.15) is 29.2 Å². The Hall–Kier alpha value is -3.05. The van der Waals surface area contributed by atoms with Gasteiger partial charge in [-0.25, -0.2) is 0 Å². The van der Waals surface area contributed by atoms with E-state index in [-0.39, 0.29) is 11.8 Å². The number of anilines is 1. The van der Waals surface area contributed by atoms with Gasteiger partial charge in [-0.2, -0.15) is 0 Å². The van der Waals surface area contributed by atoms with Gasteiger partial charge in [-0.05, 0) is 42.7 Å². The summed E-state index contributed by atoms with van der Waals surface area (Å²) in [7, 11) is 0. The van der Waals surface area contributed by atoms with Crippen LogP contribution in [-0.4, -0.2) is 17.1 Å². The summed E-state index contributed by atoms with van der Waals surface area (Å²) >= 11 is 1.49. The van der Waals surface area contributed by atoms with Gasteiger partial charge in [-0.3, -0.25) is 9.59 Å². The molecule has 0 spiro atoms. The van der Waals surface area contributed by atoms with Crippen LogP contribution in [-0.2, 0) is 22.7 Å². The minimum atomic E-state index is -0.466. The second kappa shape index (κ2) is 9.61. The molecule has 3 aromatic carbocycles. The largest absolute Gasteiger partial charge is 0.352 e. The molecule has 0 saturated heterocycles. The summed E-state index contributed by atoms with van der Waals surface area (Å²) in [5.74, 6) is -0.577. The maximum atomic E-state index is 13.6. The average Bonchev–Trinajstić information content (AvgIpc) is 2.81. The number of amides is 2. The van der Waals surface area contributed by atoms with Crippen molar-refractivity contribution >= 4 is 29.3 Å². The zero-order valence-corrected chi connectivity index (χ0v) is 19.5. The molecular weight excluding hydrogens is 416 g/mol. The van der Waals surface area contributed by atoms with Gasteiger partial charge in [-0.1, -0.05) is 73.2 Å². The standard InChI is InChI=1S/C27H28N2O2S/c1-18-12-14-21(15-13-18)16-28-26(30)20(3)25-27(31)29(17-22-9-5-4-8-19(22)2)23-10-6-7-11-24(23)32-25/h4-15,20,25H,16-17H2,1-3H3,(H,28,30)/t20-,25+/m0/s1. The van der Waals surface area contributed by atoms with E-state index in [1.165, 1.54) is 17.3 Å². The van der Waals surface area contributed by atoms with Crippen LogP contribution >= 0.6 is 11.8 Å². The van der Waals surface area contributed by atoms with E-state index < -0.39 is 11.2 Å². The monoisotopic (exact) mass is 444 g/mol. The first-order valence-corrected chi connectivity index (χ1v) is 11.8. The molecule has 1 heterocycles. The number of carbonyl (C=O) groups is 2. The molecule has 164 valence electrons. The summed E-state index contributed by atoms with van der Waals surface area (Å²) in [5, 5.41) is 2.54. The Morgan fingerprint density at radius 1 is 1.00 bits per heavy atom. The average molecular weight is 445 g/mol. The predicted molar refractivity (Wildman–Crippen MR) is 131 cm³/mol. The Labute approximate surface area is 194 Å². The summed E-state index contributed by atoms with van der Waals surface area (Å²) in [6.45, 7) is 6.90. The number of rotatable bonds is 6. The van der Waals surface area contributed by atoms with Crippen LogP contribution in [0.2, 0.25) is 0 Å². The molecule has 3 aromatic rings. The number of thioether (sulfide) groups is 1. The van der Waals surface area contributed by atoms with Gasteiger partial charge in [0.25, 0.3) is 0 Å². The highest BCUT2D eigenvalue weighted by atomic mass is 32.2. The van der Waals surface area contributed by atoms with Gasteiger partial charge in [0, 0.05) is 11.4 Å². The van der Waals surface area contributed by atoms with Gasteiger partial charge in [0.05, 0.1) is 18.2 Å². The fourth-order valence-corrected chi connectivity index (χ4v) is 5.16. The Bertz CT molecular complexity index is 1130. The lowest BCUT2D eigenvalue weighted by Crippen LogP contribution is -2.47. The molecular formula is C27H28N2O2S. The molecule has 0 aromatic heterocycles. The van der Waals surface area contributed by atoms with Crippen molar-refractivity contribution in [2.24, 2.45) is 5.92 Å². The molecule has 0 bridgehead atoms. The summed E-state index contributed by atoms with van der Waals surface area (Å²) in [4.78, 5) is 29.4. The second-order valence-corrected chi connectivity index (χ2v) is 9.53. The Morgan fingerprint density at radius 3 is 2.44 bits per heavy atom. The van der Waals surface area contributed by atoms with Gasteiger partial charge in [0.2, 0.25) is 11.8 Å². The van der Waals surface area contributed by atoms with Crippen molar-refractivity contribution < 1.29 is 9.59 Å². The molecule has 0 aliphatic carbocycles. The summed E-state index contributed by atoms with van der Waals surface area (Å²) in [6.07, 6.45) is 0. The Kier molecular flexibility index (Phi) is 6.66. The zero-order chi connectivity index (χ0) is 22.7. The number of nitrogens with one attached hydrogen (secondary N) is 1. The molecule has 4 rings (SSSR count). The summed E-state index contributed by atoms with van der Waals surface area (Å²) < 4.78 is 0. The SMILES string of the molecule is Cc1ccc(CNC(=O)[C@@H](C)[C@H]2Sc3ccccc3N(Cc3ccccc3C)C2=O)cc1. The van der Waals surface area contributed by atoms with Crippen LogP contribution in [0.15, 0.2) is 77.7 Å². The maximum Gasteiger partial charge on any atom is 0.241 e. The van der Waals surface area contributed by atoms with E-state index in [0.717, 1.165) is 27.3 Å². The molecule has 5 heteroatoms. The number of aryl methyl sites for hydroxylation is 2. The lowest BCUT2D eigenvalue weighted by molar-refractivity contribution is -0.128. The van der Waals surface area contributed by atoms with Crippen LogP contribution in [0, 0.1) is 19.8 Å². The number of fused-ring (bicyclic) bond motifs is 1. The van der Waals surface area contributed by atoms with Crippen LogP contribution in [0.4, 0.5) is 5.69 Å². The van der Waals surface area contributed by atoms with Gasteiger partial charge in [0.1, 0.15) is 5.25 Å². The molecule has 0 radical (unpaired) electrons. The summed E-state index contributed by atoms with van der Waals surface area (Å²) in [5.41, 5.74) is 5.40. The molecule has 1 N–H and O–H groups in total. The van der Waals surface area contributed by atoms with Gasteiger partial charge >= 0.3 is 0 Å². The minimum Gasteiger partial charge on any atom is -0.352 e.